The van der Waals surface area contributed by atoms with Gasteiger partial charge in [-0.15, -0.1) is 0 Å². The molecule has 0 amide bonds. The molecule has 2 N–H and O–H groups in total. The van der Waals surface area contributed by atoms with E-state index in [2.05, 4.69) is 65.1 Å². The number of fused-ring (bicyclic) bond motifs is 2. The zero-order valence-electron chi connectivity index (χ0n) is 15.7. The van der Waals surface area contributed by atoms with Crippen LogP contribution in [0.5, 0.6) is 0 Å². The zero-order chi connectivity index (χ0) is 19.5. The summed E-state index contributed by atoms with van der Waals surface area (Å²) in [6.07, 6.45) is 8.43. The number of rotatable bonds is 5. The van der Waals surface area contributed by atoms with Crippen LogP contribution in [0.25, 0.3) is 21.9 Å². The summed E-state index contributed by atoms with van der Waals surface area (Å²) in [6.45, 7) is 0.511. The average molecular weight is 392 g/mol. The van der Waals surface area contributed by atoms with E-state index in [0.29, 0.717) is 6.54 Å². The van der Waals surface area contributed by atoms with Gasteiger partial charge in [0.05, 0.1) is 12.4 Å². The molecule has 1 aliphatic rings. The fourth-order valence-corrected chi connectivity index (χ4v) is 4.50. The van der Waals surface area contributed by atoms with Crippen LogP contribution in [0.3, 0.4) is 0 Å². The quantitative estimate of drug-likeness (QED) is 0.500. The predicted octanol–water partition coefficient (Wildman–Crippen LogP) is 4.42. The van der Waals surface area contributed by atoms with Crippen molar-refractivity contribution in [2.45, 2.75) is 6.42 Å². The van der Waals surface area contributed by atoms with Crippen molar-refractivity contribution in [1.29, 1.82) is 0 Å². The fourth-order valence-electron chi connectivity index (χ4n) is 3.39. The van der Waals surface area contributed by atoms with Crippen LogP contribution < -0.4 is 9.47 Å². The standard InChI is InChI=1S/C23H22N2O2S/c1-24-21-8-4-5-9-22(21)28-23(24)16-17-10-13-25(14-11-18(27)12-15-26)20-7-3-2-6-19(17)20/h2-11,13,16,26H,12,14-15H2,1H3/p+1/b18-11+. The van der Waals surface area contributed by atoms with E-state index in [9.17, 15) is 5.11 Å². The van der Waals surface area contributed by atoms with E-state index in [0.717, 1.165) is 16.8 Å². The Morgan fingerprint density at radius 3 is 2.75 bits per heavy atom. The first-order valence-electron chi connectivity index (χ1n) is 9.30. The number of aliphatic hydroxyl groups is 2. The van der Waals surface area contributed by atoms with Gasteiger partial charge in [0.15, 0.2) is 0 Å². The third-order valence-electron chi connectivity index (χ3n) is 4.90. The highest BCUT2D eigenvalue weighted by Crippen LogP contribution is 2.34. The molecular formula is C23H23N2O2S+. The van der Waals surface area contributed by atoms with Crippen molar-refractivity contribution in [3.63, 3.8) is 0 Å². The summed E-state index contributed by atoms with van der Waals surface area (Å²) in [4.78, 5) is 2.10. The minimum atomic E-state index is -0.0478. The zero-order valence-corrected chi connectivity index (χ0v) is 16.6. The molecule has 0 unspecified atom stereocenters. The summed E-state index contributed by atoms with van der Waals surface area (Å²) in [5, 5.41) is 20.0. The van der Waals surface area contributed by atoms with Gasteiger partial charge in [-0.2, -0.15) is 4.57 Å². The van der Waals surface area contributed by atoms with Crippen molar-refractivity contribution >= 4 is 38.9 Å². The van der Waals surface area contributed by atoms with Gasteiger partial charge in [0.25, 0.3) is 5.01 Å². The van der Waals surface area contributed by atoms with Gasteiger partial charge >= 0.3 is 0 Å². The van der Waals surface area contributed by atoms with E-state index in [1.54, 1.807) is 17.4 Å². The van der Waals surface area contributed by atoms with Crippen molar-refractivity contribution in [1.82, 2.24) is 0 Å². The fraction of sp³-hybridized carbons (Fsp3) is 0.174. The summed E-state index contributed by atoms with van der Waals surface area (Å²) in [7, 11) is 2.10. The molecule has 0 fully saturated rings. The molecule has 0 atom stereocenters. The van der Waals surface area contributed by atoms with Crippen LogP contribution >= 0.6 is 11.3 Å². The molecule has 4 nitrogen and oxygen atoms in total. The number of allylic oxidation sites excluding steroid dienone is 2. The van der Waals surface area contributed by atoms with Crippen LogP contribution in [0.1, 0.15) is 17.0 Å². The van der Waals surface area contributed by atoms with Gasteiger partial charge in [-0.25, -0.2) is 0 Å². The topological polar surface area (TPSA) is 47.6 Å². The Morgan fingerprint density at radius 2 is 1.93 bits per heavy atom. The van der Waals surface area contributed by atoms with Gasteiger partial charge in [-0.1, -0.05) is 41.7 Å². The molecule has 0 aliphatic carbocycles. The molecule has 142 valence electrons. The number of hydrogen-bond acceptors (Lipinski definition) is 4. The first-order valence-corrected chi connectivity index (χ1v) is 10.1. The monoisotopic (exact) mass is 391 g/mol. The van der Waals surface area contributed by atoms with Crippen molar-refractivity contribution < 1.29 is 14.8 Å². The Morgan fingerprint density at radius 1 is 1.14 bits per heavy atom. The maximum atomic E-state index is 9.81. The number of nitrogens with zero attached hydrogens (tertiary/aromatic N) is 2. The lowest BCUT2D eigenvalue weighted by Crippen LogP contribution is -2.29. The van der Waals surface area contributed by atoms with E-state index >= 15 is 0 Å². The second-order valence-electron chi connectivity index (χ2n) is 6.72. The highest BCUT2D eigenvalue weighted by molar-refractivity contribution is 7.18. The van der Waals surface area contributed by atoms with E-state index in [4.69, 9.17) is 5.11 Å². The van der Waals surface area contributed by atoms with Gasteiger partial charge in [0.1, 0.15) is 11.7 Å². The van der Waals surface area contributed by atoms with E-state index in [-0.39, 0.29) is 18.8 Å². The maximum absolute atomic E-state index is 9.81. The Bertz CT molecular complexity index is 1090. The molecule has 0 saturated heterocycles. The number of thiazole rings is 1. The molecule has 3 aromatic rings. The maximum Gasteiger partial charge on any atom is 0.263 e. The molecule has 0 saturated carbocycles. The lowest BCUT2D eigenvalue weighted by Gasteiger charge is -2.26. The van der Waals surface area contributed by atoms with Crippen LogP contribution in [0.4, 0.5) is 5.69 Å². The second kappa shape index (κ2) is 8.00. The van der Waals surface area contributed by atoms with Gasteiger partial charge < -0.3 is 15.1 Å². The van der Waals surface area contributed by atoms with Crippen molar-refractivity contribution in [2.24, 2.45) is 7.05 Å². The van der Waals surface area contributed by atoms with Crippen molar-refractivity contribution in [3.8, 4) is 0 Å². The van der Waals surface area contributed by atoms with Gasteiger partial charge in [-0.05, 0) is 29.9 Å². The number of aryl methyl sites for hydroxylation is 1. The number of aliphatic hydroxyl groups excluding tert-OH is 2. The Balaban J connectivity index is 1.70. The van der Waals surface area contributed by atoms with E-state index < -0.39 is 0 Å². The highest BCUT2D eigenvalue weighted by atomic mass is 32.1. The van der Waals surface area contributed by atoms with Gasteiger partial charge in [-0.3, -0.25) is 0 Å². The van der Waals surface area contributed by atoms with E-state index in [1.165, 1.54) is 15.2 Å². The van der Waals surface area contributed by atoms with Crippen molar-refractivity contribution in [2.75, 3.05) is 18.1 Å². The molecule has 5 heteroatoms. The Labute approximate surface area is 168 Å². The minimum Gasteiger partial charge on any atom is -0.512 e. The van der Waals surface area contributed by atoms with Crippen LogP contribution in [0.15, 0.2) is 72.6 Å². The first-order chi connectivity index (χ1) is 13.7. The molecule has 0 radical (unpaired) electrons. The number of para-hydroxylation sites is 2. The summed E-state index contributed by atoms with van der Waals surface area (Å²) < 4.78 is 3.50. The largest absolute Gasteiger partial charge is 0.512 e. The van der Waals surface area contributed by atoms with Crippen LogP contribution in [0, 0.1) is 0 Å². The van der Waals surface area contributed by atoms with Gasteiger partial charge in [0.2, 0.25) is 5.52 Å². The first kappa shape index (κ1) is 18.5. The molecule has 2 aromatic carbocycles. The third-order valence-corrected chi connectivity index (χ3v) is 6.07. The number of benzene rings is 2. The smallest absolute Gasteiger partial charge is 0.263 e. The SMILES string of the molecule is C[n+]1c(/C=C2\C=CN(C/C=C(/O)CCO)c3ccccc32)sc2ccccc21. The molecule has 0 bridgehead atoms. The van der Waals surface area contributed by atoms with Gasteiger partial charge in [0, 0.05) is 42.6 Å². The normalized spacial score (nSPS) is 15.4. The number of anilines is 1. The van der Waals surface area contributed by atoms with Crippen LogP contribution in [0.2, 0.25) is 0 Å². The molecule has 2 heterocycles. The lowest BCUT2D eigenvalue weighted by molar-refractivity contribution is -0.642. The molecular weight excluding hydrogens is 368 g/mol. The average Bonchev–Trinajstić information content (AvgIpc) is 3.03. The number of aromatic nitrogens is 1. The predicted molar refractivity (Wildman–Crippen MR) is 116 cm³/mol. The molecule has 0 spiro atoms. The third kappa shape index (κ3) is 3.59. The van der Waals surface area contributed by atoms with Crippen LogP contribution in [-0.4, -0.2) is 23.4 Å². The van der Waals surface area contributed by atoms with Crippen LogP contribution in [-0.2, 0) is 7.05 Å². The molecule has 1 aromatic heterocycles. The van der Waals surface area contributed by atoms with E-state index in [1.807, 2.05) is 18.3 Å². The Hall–Kier alpha value is -2.89. The summed E-state index contributed by atoms with van der Waals surface area (Å²) in [5.74, 6) is 0.215. The summed E-state index contributed by atoms with van der Waals surface area (Å²) in [5.41, 5.74) is 4.67. The van der Waals surface area contributed by atoms with Crippen molar-refractivity contribution in [3.05, 3.63) is 83.2 Å². The summed E-state index contributed by atoms with van der Waals surface area (Å²) >= 11 is 1.79. The minimum absolute atomic E-state index is 0.0478. The highest BCUT2D eigenvalue weighted by Gasteiger charge is 2.19. The molecule has 4 rings (SSSR count). The second-order valence-corrected chi connectivity index (χ2v) is 7.78. The molecule has 1 aliphatic heterocycles. The lowest BCUT2D eigenvalue weighted by atomic mass is 9.99. The number of hydrogen-bond donors (Lipinski definition) is 2. The summed E-state index contributed by atoms with van der Waals surface area (Å²) in [6, 6.07) is 16.7. The Kier molecular flexibility index (Phi) is 5.28. The molecule has 28 heavy (non-hydrogen) atoms.